The van der Waals surface area contributed by atoms with E-state index in [-0.39, 0.29) is 5.79 Å². The van der Waals surface area contributed by atoms with Crippen LogP contribution in [0.1, 0.15) is 77.6 Å². The van der Waals surface area contributed by atoms with Gasteiger partial charge in [-0.05, 0) is 25.8 Å². The highest BCUT2D eigenvalue weighted by atomic mass is 16.7. The number of methoxy groups -OCH3 is 2. The smallest absolute Gasteiger partial charge is 0.167 e. The normalized spacial score (nSPS) is 12.0. The summed E-state index contributed by atoms with van der Waals surface area (Å²) in [5.74, 6) is -0.376. The van der Waals surface area contributed by atoms with Gasteiger partial charge in [-0.1, -0.05) is 45.4 Å². The summed E-state index contributed by atoms with van der Waals surface area (Å²) in [6, 6.07) is 0. The van der Waals surface area contributed by atoms with Crippen LogP contribution in [0.2, 0.25) is 0 Å². The van der Waals surface area contributed by atoms with E-state index in [1.165, 1.54) is 44.9 Å². The minimum Gasteiger partial charge on any atom is -0.353 e. The lowest BCUT2D eigenvalue weighted by Gasteiger charge is -2.31. The Morgan fingerprint density at radius 2 is 1.21 bits per heavy atom. The van der Waals surface area contributed by atoms with Crippen LogP contribution >= 0.6 is 0 Å². The van der Waals surface area contributed by atoms with Crippen LogP contribution in [0.15, 0.2) is 0 Å². The molecule has 0 heterocycles. The van der Waals surface area contributed by atoms with Crippen LogP contribution < -0.4 is 5.73 Å². The molecule has 0 atom stereocenters. The van der Waals surface area contributed by atoms with Gasteiger partial charge in [0.05, 0.1) is 0 Å². The van der Waals surface area contributed by atoms with Gasteiger partial charge in [-0.3, -0.25) is 0 Å². The molecule has 3 heteroatoms. The molecular weight excluding hydrogens is 238 g/mol. The molecule has 0 unspecified atom stereocenters. The fourth-order valence-electron chi connectivity index (χ4n) is 2.51. The standard InChI is InChI=1S/C16H35NO2/c1-4-5-6-7-8-9-10-13-16(18-2,19-3)14-11-12-15-17/h4-15,17H2,1-3H3. The Hall–Kier alpha value is -0.120. The van der Waals surface area contributed by atoms with Gasteiger partial charge in [-0.15, -0.1) is 0 Å². The quantitative estimate of drug-likeness (QED) is 0.380. The molecule has 0 saturated heterocycles. The van der Waals surface area contributed by atoms with E-state index in [1.54, 1.807) is 14.2 Å². The molecule has 0 aromatic carbocycles. The largest absolute Gasteiger partial charge is 0.353 e. The number of unbranched alkanes of at least 4 members (excludes halogenated alkanes) is 7. The van der Waals surface area contributed by atoms with Crippen molar-refractivity contribution in [2.45, 2.75) is 83.3 Å². The summed E-state index contributed by atoms with van der Waals surface area (Å²) in [4.78, 5) is 0. The van der Waals surface area contributed by atoms with Crippen molar-refractivity contribution in [1.82, 2.24) is 0 Å². The Bertz CT molecular complexity index is 182. The molecule has 116 valence electrons. The lowest BCUT2D eigenvalue weighted by Crippen LogP contribution is -2.33. The van der Waals surface area contributed by atoms with Crippen LogP contribution in [0, 0.1) is 0 Å². The second-order valence-corrected chi connectivity index (χ2v) is 5.44. The molecule has 0 spiro atoms. The van der Waals surface area contributed by atoms with Crippen molar-refractivity contribution in [3.63, 3.8) is 0 Å². The summed E-state index contributed by atoms with van der Waals surface area (Å²) in [5.41, 5.74) is 5.54. The van der Waals surface area contributed by atoms with E-state index >= 15 is 0 Å². The summed E-state index contributed by atoms with van der Waals surface area (Å²) < 4.78 is 11.2. The Labute approximate surface area is 120 Å². The van der Waals surface area contributed by atoms with E-state index in [1.807, 2.05) is 0 Å². The zero-order valence-corrected chi connectivity index (χ0v) is 13.4. The predicted octanol–water partition coefficient (Wildman–Crippen LogP) is 4.25. The van der Waals surface area contributed by atoms with Crippen molar-refractivity contribution >= 4 is 0 Å². The van der Waals surface area contributed by atoms with Crippen molar-refractivity contribution < 1.29 is 9.47 Å². The summed E-state index contributed by atoms with van der Waals surface area (Å²) in [6.45, 7) is 3.01. The zero-order valence-electron chi connectivity index (χ0n) is 13.4. The van der Waals surface area contributed by atoms with Crippen LogP contribution in [-0.4, -0.2) is 26.6 Å². The zero-order chi connectivity index (χ0) is 14.4. The van der Waals surface area contributed by atoms with Crippen LogP contribution in [0.4, 0.5) is 0 Å². The van der Waals surface area contributed by atoms with Crippen LogP contribution in [0.5, 0.6) is 0 Å². The van der Waals surface area contributed by atoms with Crippen molar-refractivity contribution in [3.8, 4) is 0 Å². The molecule has 0 aliphatic heterocycles. The Morgan fingerprint density at radius 3 is 1.68 bits per heavy atom. The molecule has 0 aromatic rings. The van der Waals surface area contributed by atoms with Crippen LogP contribution in [-0.2, 0) is 9.47 Å². The maximum Gasteiger partial charge on any atom is 0.167 e. The third-order valence-corrected chi connectivity index (χ3v) is 3.92. The van der Waals surface area contributed by atoms with Gasteiger partial charge in [0.15, 0.2) is 5.79 Å². The van der Waals surface area contributed by atoms with Crippen molar-refractivity contribution in [2.75, 3.05) is 20.8 Å². The lowest BCUT2D eigenvalue weighted by atomic mass is 10.00. The van der Waals surface area contributed by atoms with Gasteiger partial charge in [0.2, 0.25) is 0 Å². The predicted molar refractivity (Wildman–Crippen MR) is 82.3 cm³/mol. The van der Waals surface area contributed by atoms with Crippen LogP contribution in [0.3, 0.4) is 0 Å². The molecular formula is C16H35NO2. The number of hydrogen-bond acceptors (Lipinski definition) is 3. The Morgan fingerprint density at radius 1 is 0.737 bits per heavy atom. The van der Waals surface area contributed by atoms with E-state index in [9.17, 15) is 0 Å². The first-order valence-electron chi connectivity index (χ1n) is 8.05. The van der Waals surface area contributed by atoms with Crippen molar-refractivity contribution in [2.24, 2.45) is 5.73 Å². The first-order chi connectivity index (χ1) is 9.24. The first-order valence-corrected chi connectivity index (χ1v) is 8.05. The number of hydrogen-bond donors (Lipinski definition) is 1. The van der Waals surface area contributed by atoms with Gasteiger partial charge >= 0.3 is 0 Å². The Kier molecular flexibility index (Phi) is 12.8. The van der Waals surface area contributed by atoms with E-state index in [0.717, 1.165) is 32.2 Å². The summed E-state index contributed by atoms with van der Waals surface area (Å²) in [5, 5.41) is 0. The summed E-state index contributed by atoms with van der Waals surface area (Å²) in [6.07, 6.45) is 13.3. The molecule has 0 aromatic heterocycles. The van der Waals surface area contributed by atoms with Gasteiger partial charge in [-0.2, -0.15) is 0 Å². The minimum atomic E-state index is -0.376. The molecule has 0 radical (unpaired) electrons. The van der Waals surface area contributed by atoms with E-state index in [2.05, 4.69) is 6.92 Å². The molecule has 0 aliphatic carbocycles. The summed E-state index contributed by atoms with van der Waals surface area (Å²) >= 11 is 0. The number of ether oxygens (including phenoxy) is 2. The fourth-order valence-corrected chi connectivity index (χ4v) is 2.51. The molecule has 19 heavy (non-hydrogen) atoms. The minimum absolute atomic E-state index is 0.376. The highest BCUT2D eigenvalue weighted by Gasteiger charge is 2.27. The lowest BCUT2D eigenvalue weighted by molar-refractivity contribution is -0.216. The molecule has 0 fully saturated rings. The first kappa shape index (κ1) is 18.9. The average molecular weight is 273 g/mol. The number of rotatable bonds is 14. The molecule has 3 nitrogen and oxygen atoms in total. The molecule has 0 rings (SSSR count). The second-order valence-electron chi connectivity index (χ2n) is 5.44. The second kappa shape index (κ2) is 12.9. The molecule has 0 bridgehead atoms. The SMILES string of the molecule is CCCCCCCCCC(CCCCN)(OC)OC. The molecule has 2 N–H and O–H groups in total. The topological polar surface area (TPSA) is 44.5 Å². The van der Waals surface area contributed by atoms with Gasteiger partial charge in [-0.25, -0.2) is 0 Å². The molecule has 0 aliphatic rings. The van der Waals surface area contributed by atoms with Crippen LogP contribution in [0.25, 0.3) is 0 Å². The summed E-state index contributed by atoms with van der Waals surface area (Å²) in [7, 11) is 3.51. The van der Waals surface area contributed by atoms with Crippen molar-refractivity contribution in [1.29, 1.82) is 0 Å². The third-order valence-electron chi connectivity index (χ3n) is 3.92. The van der Waals surface area contributed by atoms with E-state index < -0.39 is 0 Å². The molecule has 0 saturated carbocycles. The maximum absolute atomic E-state index is 5.62. The van der Waals surface area contributed by atoms with Crippen molar-refractivity contribution in [3.05, 3.63) is 0 Å². The molecule has 0 amide bonds. The van der Waals surface area contributed by atoms with Gasteiger partial charge in [0.25, 0.3) is 0 Å². The Balaban J connectivity index is 3.74. The average Bonchev–Trinajstić information content (AvgIpc) is 2.45. The highest BCUT2D eigenvalue weighted by Crippen LogP contribution is 2.26. The van der Waals surface area contributed by atoms with E-state index in [0.29, 0.717) is 0 Å². The monoisotopic (exact) mass is 273 g/mol. The van der Waals surface area contributed by atoms with Gasteiger partial charge in [0, 0.05) is 27.1 Å². The van der Waals surface area contributed by atoms with E-state index in [4.69, 9.17) is 15.2 Å². The maximum atomic E-state index is 5.62. The fraction of sp³-hybridized carbons (Fsp3) is 1.00. The third kappa shape index (κ3) is 9.42. The van der Waals surface area contributed by atoms with Gasteiger partial charge in [0.1, 0.15) is 0 Å². The number of nitrogens with two attached hydrogens (primary N) is 1. The van der Waals surface area contributed by atoms with Gasteiger partial charge < -0.3 is 15.2 Å². The highest BCUT2D eigenvalue weighted by molar-refractivity contribution is 4.69.